The first-order valence-corrected chi connectivity index (χ1v) is 5.95. The molecule has 0 saturated heterocycles. The van der Waals surface area contributed by atoms with E-state index in [1.165, 1.54) is 7.11 Å². The third-order valence-electron chi connectivity index (χ3n) is 3.18. The van der Waals surface area contributed by atoms with Gasteiger partial charge in [0.05, 0.1) is 7.11 Å². The van der Waals surface area contributed by atoms with Gasteiger partial charge < -0.3 is 9.64 Å². The van der Waals surface area contributed by atoms with E-state index in [9.17, 15) is 4.79 Å². The number of esters is 1. The molecule has 1 saturated carbocycles. The van der Waals surface area contributed by atoms with Gasteiger partial charge in [-0.05, 0) is 40.7 Å². The van der Waals surface area contributed by atoms with Crippen LogP contribution in [0.15, 0.2) is 0 Å². The van der Waals surface area contributed by atoms with Gasteiger partial charge in [-0.15, -0.1) is 0 Å². The Balaban J connectivity index is 2.64. The van der Waals surface area contributed by atoms with Gasteiger partial charge in [-0.1, -0.05) is 0 Å². The lowest BCUT2D eigenvalue weighted by Gasteiger charge is -2.34. The summed E-state index contributed by atoms with van der Waals surface area (Å²) in [4.78, 5) is 14.0. The van der Waals surface area contributed by atoms with Crippen molar-refractivity contribution in [2.24, 2.45) is 0 Å². The zero-order valence-corrected chi connectivity index (χ0v) is 11.0. The minimum atomic E-state index is -0.588. The molecule has 0 bridgehead atoms. The standard InChI is InChI=1S/C12H24N2O2/c1-9(2)14(4)8-12(3,11(15)16-5)13-10-6-7-10/h9-10,13H,6-8H2,1-5H3. The van der Waals surface area contributed by atoms with E-state index in [1.54, 1.807) is 0 Å². The Labute approximate surface area is 98.3 Å². The molecule has 0 amide bonds. The Kier molecular flexibility index (Phi) is 4.33. The number of carbonyl (C=O) groups is 1. The average molecular weight is 228 g/mol. The Hall–Kier alpha value is -0.610. The number of methoxy groups -OCH3 is 1. The molecule has 1 aliphatic carbocycles. The summed E-state index contributed by atoms with van der Waals surface area (Å²) in [5, 5.41) is 3.39. The predicted octanol–water partition coefficient (Wildman–Crippen LogP) is 1.01. The molecule has 16 heavy (non-hydrogen) atoms. The summed E-state index contributed by atoms with van der Waals surface area (Å²) in [6.07, 6.45) is 2.33. The topological polar surface area (TPSA) is 41.6 Å². The van der Waals surface area contributed by atoms with Crippen molar-refractivity contribution in [3.05, 3.63) is 0 Å². The highest BCUT2D eigenvalue weighted by Gasteiger charge is 2.40. The van der Waals surface area contributed by atoms with Crippen LogP contribution < -0.4 is 5.32 Å². The first kappa shape index (κ1) is 13.5. The van der Waals surface area contributed by atoms with Gasteiger partial charge in [0.1, 0.15) is 5.54 Å². The smallest absolute Gasteiger partial charge is 0.327 e. The number of hydrogen-bond donors (Lipinski definition) is 1. The molecule has 4 nitrogen and oxygen atoms in total. The molecular formula is C12H24N2O2. The monoisotopic (exact) mass is 228 g/mol. The van der Waals surface area contributed by atoms with E-state index >= 15 is 0 Å². The van der Waals surface area contributed by atoms with Crippen LogP contribution in [0.3, 0.4) is 0 Å². The number of likely N-dealkylation sites (N-methyl/N-ethyl adjacent to an activating group) is 1. The van der Waals surface area contributed by atoms with Crippen LogP contribution >= 0.6 is 0 Å². The van der Waals surface area contributed by atoms with E-state index in [-0.39, 0.29) is 5.97 Å². The second-order valence-electron chi connectivity index (χ2n) is 5.25. The van der Waals surface area contributed by atoms with Gasteiger partial charge in [0, 0.05) is 18.6 Å². The molecular weight excluding hydrogens is 204 g/mol. The number of nitrogens with one attached hydrogen (secondary N) is 1. The lowest BCUT2D eigenvalue weighted by atomic mass is 10.0. The van der Waals surface area contributed by atoms with E-state index in [4.69, 9.17) is 4.74 Å². The minimum absolute atomic E-state index is 0.174. The second-order valence-corrected chi connectivity index (χ2v) is 5.25. The van der Waals surface area contributed by atoms with Crippen LogP contribution in [0, 0.1) is 0 Å². The molecule has 1 rings (SSSR count). The van der Waals surface area contributed by atoms with E-state index in [0.717, 1.165) is 12.8 Å². The molecule has 0 aromatic heterocycles. The first-order valence-electron chi connectivity index (χ1n) is 5.95. The molecule has 1 N–H and O–H groups in total. The van der Waals surface area contributed by atoms with E-state index in [0.29, 0.717) is 18.6 Å². The molecule has 1 unspecified atom stereocenters. The van der Waals surface area contributed by atoms with Crippen LogP contribution in [0.5, 0.6) is 0 Å². The summed E-state index contributed by atoms with van der Waals surface area (Å²) in [5.74, 6) is -0.174. The van der Waals surface area contributed by atoms with Crippen molar-refractivity contribution < 1.29 is 9.53 Å². The average Bonchev–Trinajstić information content (AvgIpc) is 2.99. The predicted molar refractivity (Wildman–Crippen MR) is 64.3 cm³/mol. The van der Waals surface area contributed by atoms with Crippen molar-refractivity contribution >= 4 is 5.97 Å². The van der Waals surface area contributed by atoms with Crippen molar-refractivity contribution in [3.8, 4) is 0 Å². The first-order chi connectivity index (χ1) is 7.39. The third-order valence-corrected chi connectivity index (χ3v) is 3.18. The number of hydrogen-bond acceptors (Lipinski definition) is 4. The minimum Gasteiger partial charge on any atom is -0.468 e. The van der Waals surface area contributed by atoms with Crippen molar-refractivity contribution in [1.29, 1.82) is 0 Å². The molecule has 0 aromatic carbocycles. The lowest BCUT2D eigenvalue weighted by molar-refractivity contribution is -0.149. The van der Waals surface area contributed by atoms with Crippen molar-refractivity contribution in [2.45, 2.75) is 51.2 Å². The fourth-order valence-electron chi connectivity index (χ4n) is 1.75. The lowest BCUT2D eigenvalue weighted by Crippen LogP contribution is -2.58. The molecule has 0 spiro atoms. The van der Waals surface area contributed by atoms with Crippen LogP contribution in [-0.4, -0.2) is 49.2 Å². The maximum absolute atomic E-state index is 11.8. The fourth-order valence-corrected chi connectivity index (χ4v) is 1.75. The third kappa shape index (κ3) is 3.46. The Bertz CT molecular complexity index is 251. The normalized spacial score (nSPS) is 19.9. The van der Waals surface area contributed by atoms with Crippen LogP contribution in [0.4, 0.5) is 0 Å². The maximum Gasteiger partial charge on any atom is 0.327 e. The molecule has 0 aliphatic heterocycles. The summed E-state index contributed by atoms with van der Waals surface area (Å²) in [5.41, 5.74) is -0.588. The van der Waals surface area contributed by atoms with Gasteiger partial charge in [-0.3, -0.25) is 10.1 Å². The van der Waals surface area contributed by atoms with E-state index in [1.807, 2.05) is 14.0 Å². The summed E-state index contributed by atoms with van der Waals surface area (Å²) < 4.78 is 4.90. The molecule has 1 atom stereocenters. The highest BCUT2D eigenvalue weighted by atomic mass is 16.5. The zero-order valence-electron chi connectivity index (χ0n) is 11.0. The van der Waals surface area contributed by atoms with Crippen LogP contribution in [-0.2, 0) is 9.53 Å². The quantitative estimate of drug-likeness (QED) is 0.689. The van der Waals surface area contributed by atoms with E-state index < -0.39 is 5.54 Å². The molecule has 0 radical (unpaired) electrons. The van der Waals surface area contributed by atoms with Gasteiger partial charge in [-0.2, -0.15) is 0 Å². The molecule has 94 valence electrons. The maximum atomic E-state index is 11.8. The van der Waals surface area contributed by atoms with Gasteiger partial charge in [0.2, 0.25) is 0 Å². The second kappa shape index (κ2) is 5.15. The molecule has 1 fully saturated rings. The summed E-state index contributed by atoms with van der Waals surface area (Å²) >= 11 is 0. The number of rotatable bonds is 6. The molecule has 0 aromatic rings. The summed E-state index contributed by atoms with van der Waals surface area (Å²) in [7, 11) is 3.48. The van der Waals surface area contributed by atoms with Crippen molar-refractivity contribution in [2.75, 3.05) is 20.7 Å². The van der Waals surface area contributed by atoms with E-state index in [2.05, 4.69) is 24.1 Å². The Morgan fingerprint density at radius 3 is 2.50 bits per heavy atom. The van der Waals surface area contributed by atoms with Gasteiger partial charge in [0.15, 0.2) is 0 Å². The fraction of sp³-hybridized carbons (Fsp3) is 0.917. The number of carbonyl (C=O) groups excluding carboxylic acids is 1. The van der Waals surface area contributed by atoms with Crippen LogP contribution in [0.1, 0.15) is 33.6 Å². The molecule has 1 aliphatic rings. The summed E-state index contributed by atoms with van der Waals surface area (Å²) in [6, 6.07) is 0.912. The number of ether oxygens (including phenoxy) is 1. The summed E-state index contributed by atoms with van der Waals surface area (Å²) in [6.45, 7) is 6.84. The van der Waals surface area contributed by atoms with Gasteiger partial charge >= 0.3 is 5.97 Å². The number of nitrogens with zero attached hydrogens (tertiary/aromatic N) is 1. The highest BCUT2D eigenvalue weighted by molar-refractivity contribution is 5.80. The van der Waals surface area contributed by atoms with Crippen molar-refractivity contribution in [1.82, 2.24) is 10.2 Å². The SMILES string of the molecule is COC(=O)C(C)(CN(C)C(C)C)NC1CC1. The Morgan fingerprint density at radius 1 is 1.56 bits per heavy atom. The largest absolute Gasteiger partial charge is 0.468 e. The van der Waals surface area contributed by atoms with Gasteiger partial charge in [0.25, 0.3) is 0 Å². The van der Waals surface area contributed by atoms with Crippen LogP contribution in [0.2, 0.25) is 0 Å². The molecule has 0 heterocycles. The van der Waals surface area contributed by atoms with Crippen LogP contribution in [0.25, 0.3) is 0 Å². The zero-order chi connectivity index (χ0) is 12.3. The Morgan fingerprint density at radius 2 is 2.12 bits per heavy atom. The van der Waals surface area contributed by atoms with Crippen molar-refractivity contribution in [3.63, 3.8) is 0 Å². The van der Waals surface area contributed by atoms with Gasteiger partial charge in [-0.25, -0.2) is 0 Å². The molecule has 4 heteroatoms. The highest BCUT2D eigenvalue weighted by Crippen LogP contribution is 2.23.